The molecular weight excluding hydrogens is 467 g/mol. The number of rotatable bonds is 8. The molecule has 0 atom stereocenters. The van der Waals surface area contributed by atoms with Gasteiger partial charge in [-0.3, -0.25) is 4.79 Å². The zero-order valence-corrected chi connectivity index (χ0v) is 21.0. The smallest absolute Gasteiger partial charge is 0.255 e. The summed E-state index contributed by atoms with van der Waals surface area (Å²) in [5.41, 5.74) is 5.93. The Hall–Kier alpha value is -2.74. The van der Waals surface area contributed by atoms with E-state index in [-0.39, 0.29) is 5.91 Å². The minimum atomic E-state index is -0.113. The van der Waals surface area contributed by atoms with Gasteiger partial charge in [-0.1, -0.05) is 85.5 Å². The topological polar surface area (TPSA) is 46.9 Å². The molecule has 0 fully saturated rings. The molecule has 0 unspecified atom stereocenters. The molecule has 1 N–H and O–H groups in total. The molecular formula is C26H25N3OS3. The lowest BCUT2D eigenvalue weighted by molar-refractivity contribution is 0.102. The average Bonchev–Trinajstić information content (AvgIpc) is 3.24. The standard InChI is InChI=1S/C26H25N3OS3/c1-3-19-11-8-12-20(4-2)23(19)27-24(30)21-13-15-22(16-14-21)29-26(31)33-25(28-29)32-17-18-9-6-5-7-10-18/h5-16H,3-4,17H2,1-2H3,(H,27,30). The van der Waals surface area contributed by atoms with Crippen LogP contribution in [-0.2, 0) is 18.6 Å². The van der Waals surface area contributed by atoms with Crippen molar-refractivity contribution in [2.75, 3.05) is 5.32 Å². The number of hydrogen-bond acceptors (Lipinski definition) is 5. The van der Waals surface area contributed by atoms with Crippen LogP contribution in [0.5, 0.6) is 0 Å². The molecule has 4 aromatic rings. The van der Waals surface area contributed by atoms with Crippen LogP contribution < -0.4 is 5.32 Å². The van der Waals surface area contributed by atoms with Gasteiger partial charge in [0, 0.05) is 17.0 Å². The van der Waals surface area contributed by atoms with Crippen LogP contribution in [-0.4, -0.2) is 15.7 Å². The first-order valence-corrected chi connectivity index (χ1v) is 13.1. The van der Waals surface area contributed by atoms with Gasteiger partial charge in [0.2, 0.25) is 0 Å². The monoisotopic (exact) mass is 491 g/mol. The first-order chi connectivity index (χ1) is 16.1. The molecule has 33 heavy (non-hydrogen) atoms. The molecule has 4 rings (SSSR count). The van der Waals surface area contributed by atoms with Crippen LogP contribution >= 0.6 is 35.3 Å². The summed E-state index contributed by atoms with van der Waals surface area (Å²) in [5.74, 6) is 0.736. The molecule has 1 heterocycles. The highest BCUT2D eigenvalue weighted by atomic mass is 32.2. The van der Waals surface area contributed by atoms with Gasteiger partial charge in [0.25, 0.3) is 5.91 Å². The summed E-state index contributed by atoms with van der Waals surface area (Å²) < 4.78 is 3.37. The molecule has 1 aromatic heterocycles. The second-order valence-corrected chi connectivity index (χ2v) is 10.3. The van der Waals surface area contributed by atoms with Crippen LogP contribution in [0.15, 0.2) is 77.1 Å². The van der Waals surface area contributed by atoms with Crippen molar-refractivity contribution >= 4 is 46.9 Å². The van der Waals surface area contributed by atoms with E-state index in [1.54, 1.807) is 16.4 Å². The third-order valence-corrected chi connectivity index (χ3v) is 7.78. The lowest BCUT2D eigenvalue weighted by Crippen LogP contribution is -2.15. The fraction of sp³-hybridized carbons (Fsp3) is 0.192. The molecule has 0 spiro atoms. The number of carbonyl (C=O) groups excluding carboxylic acids is 1. The SMILES string of the molecule is CCc1cccc(CC)c1NC(=O)c1ccc(-n2nc(SCc3ccccc3)sc2=S)cc1. The summed E-state index contributed by atoms with van der Waals surface area (Å²) in [5, 5.41) is 7.80. The number of aromatic nitrogens is 2. The molecule has 0 saturated heterocycles. The maximum Gasteiger partial charge on any atom is 0.255 e. The van der Waals surface area contributed by atoms with E-state index >= 15 is 0 Å². The van der Waals surface area contributed by atoms with Crippen molar-refractivity contribution in [1.29, 1.82) is 0 Å². The van der Waals surface area contributed by atoms with E-state index in [1.165, 1.54) is 16.9 Å². The van der Waals surface area contributed by atoms with E-state index in [9.17, 15) is 4.79 Å². The van der Waals surface area contributed by atoms with Crippen molar-refractivity contribution in [3.63, 3.8) is 0 Å². The summed E-state index contributed by atoms with van der Waals surface area (Å²) in [4.78, 5) is 12.9. The minimum Gasteiger partial charge on any atom is -0.321 e. The highest BCUT2D eigenvalue weighted by Crippen LogP contribution is 2.27. The van der Waals surface area contributed by atoms with Gasteiger partial charge < -0.3 is 5.32 Å². The van der Waals surface area contributed by atoms with Crippen LogP contribution in [0.4, 0.5) is 5.69 Å². The van der Waals surface area contributed by atoms with Crippen LogP contribution in [0, 0.1) is 3.95 Å². The van der Waals surface area contributed by atoms with Gasteiger partial charge in [-0.2, -0.15) is 0 Å². The molecule has 4 nitrogen and oxygen atoms in total. The molecule has 168 valence electrons. The maximum atomic E-state index is 12.9. The van der Waals surface area contributed by atoms with Crippen molar-refractivity contribution in [3.05, 3.63) is 99.0 Å². The summed E-state index contributed by atoms with van der Waals surface area (Å²) in [6.45, 7) is 4.20. The molecule has 0 saturated carbocycles. The van der Waals surface area contributed by atoms with E-state index in [0.717, 1.165) is 45.4 Å². The Morgan fingerprint density at radius 1 is 0.970 bits per heavy atom. The van der Waals surface area contributed by atoms with Crippen molar-refractivity contribution in [3.8, 4) is 5.69 Å². The van der Waals surface area contributed by atoms with Crippen molar-refractivity contribution in [2.24, 2.45) is 0 Å². The van der Waals surface area contributed by atoms with Crippen LogP contribution in [0.2, 0.25) is 0 Å². The first-order valence-electron chi connectivity index (χ1n) is 10.9. The number of nitrogens with one attached hydrogen (secondary N) is 1. The number of para-hydroxylation sites is 1. The van der Waals surface area contributed by atoms with E-state index in [4.69, 9.17) is 12.2 Å². The fourth-order valence-corrected chi connectivity index (χ4v) is 5.86. The van der Waals surface area contributed by atoms with Crippen molar-refractivity contribution < 1.29 is 4.79 Å². The number of anilines is 1. The number of nitrogens with zero attached hydrogens (tertiary/aromatic N) is 2. The van der Waals surface area contributed by atoms with E-state index < -0.39 is 0 Å². The molecule has 3 aromatic carbocycles. The van der Waals surface area contributed by atoms with E-state index in [0.29, 0.717) is 9.52 Å². The highest BCUT2D eigenvalue weighted by molar-refractivity contribution is 8.00. The third kappa shape index (κ3) is 5.61. The summed E-state index contributed by atoms with van der Waals surface area (Å²) in [6.07, 6.45) is 1.74. The lowest BCUT2D eigenvalue weighted by Gasteiger charge is -2.14. The Bertz CT molecular complexity index is 1270. The van der Waals surface area contributed by atoms with Crippen LogP contribution in [0.25, 0.3) is 5.69 Å². The summed E-state index contributed by atoms with van der Waals surface area (Å²) >= 11 is 8.71. The number of benzene rings is 3. The Morgan fingerprint density at radius 2 is 1.64 bits per heavy atom. The molecule has 0 aliphatic carbocycles. The zero-order valence-electron chi connectivity index (χ0n) is 18.6. The van der Waals surface area contributed by atoms with Gasteiger partial charge in [0.15, 0.2) is 8.29 Å². The predicted molar refractivity (Wildman–Crippen MR) is 141 cm³/mol. The van der Waals surface area contributed by atoms with Crippen molar-refractivity contribution in [1.82, 2.24) is 9.78 Å². The number of carbonyl (C=O) groups is 1. The molecule has 1 amide bonds. The molecule has 0 bridgehead atoms. The predicted octanol–water partition coefficient (Wildman–Crippen LogP) is 7.33. The Balaban J connectivity index is 1.48. The molecule has 0 aliphatic rings. The van der Waals surface area contributed by atoms with E-state index in [1.807, 2.05) is 48.5 Å². The van der Waals surface area contributed by atoms with Gasteiger partial charge in [0.1, 0.15) is 0 Å². The molecule has 7 heteroatoms. The molecule has 0 radical (unpaired) electrons. The van der Waals surface area contributed by atoms with Gasteiger partial charge in [-0.15, -0.1) is 5.10 Å². The average molecular weight is 492 g/mol. The summed E-state index contributed by atoms with van der Waals surface area (Å²) in [7, 11) is 0. The highest BCUT2D eigenvalue weighted by Gasteiger charge is 2.13. The number of hydrogen-bond donors (Lipinski definition) is 1. The van der Waals surface area contributed by atoms with Gasteiger partial charge >= 0.3 is 0 Å². The van der Waals surface area contributed by atoms with Gasteiger partial charge in [-0.25, -0.2) is 4.68 Å². The van der Waals surface area contributed by atoms with Crippen molar-refractivity contribution in [2.45, 2.75) is 36.8 Å². The lowest BCUT2D eigenvalue weighted by atomic mass is 10.0. The van der Waals surface area contributed by atoms with Crippen LogP contribution in [0.1, 0.15) is 40.9 Å². The quantitative estimate of drug-likeness (QED) is 0.207. The maximum absolute atomic E-state index is 12.9. The minimum absolute atomic E-state index is 0.113. The van der Waals surface area contributed by atoms with Crippen LogP contribution in [0.3, 0.4) is 0 Å². The second-order valence-electron chi connectivity index (χ2n) is 7.48. The summed E-state index contributed by atoms with van der Waals surface area (Å²) in [6, 6.07) is 23.9. The second kappa shape index (κ2) is 10.9. The van der Waals surface area contributed by atoms with E-state index in [2.05, 4.69) is 48.5 Å². The zero-order chi connectivity index (χ0) is 23.2. The largest absolute Gasteiger partial charge is 0.321 e. The van der Waals surface area contributed by atoms with Gasteiger partial charge in [0.05, 0.1) is 5.69 Å². The Morgan fingerprint density at radius 3 is 2.27 bits per heavy atom. The fourth-order valence-electron chi connectivity index (χ4n) is 3.54. The number of thioether (sulfide) groups is 1. The Labute approximate surface area is 207 Å². The van der Waals surface area contributed by atoms with Gasteiger partial charge in [-0.05, 0) is 66.0 Å². The third-order valence-electron chi connectivity index (χ3n) is 5.35. The number of amides is 1. The number of aryl methyl sites for hydroxylation is 2. The Kier molecular flexibility index (Phi) is 7.75. The normalized spacial score (nSPS) is 10.8. The molecule has 0 aliphatic heterocycles. The first kappa shape index (κ1) is 23.4.